The molecule has 2 heterocycles. The van der Waals surface area contributed by atoms with E-state index in [2.05, 4.69) is 26.1 Å². The molecule has 1 N–H and O–H groups in total. The fourth-order valence-electron chi connectivity index (χ4n) is 3.81. The molecule has 2 spiro atoms. The van der Waals surface area contributed by atoms with Crippen LogP contribution in [0.1, 0.15) is 52.9 Å². The van der Waals surface area contributed by atoms with Gasteiger partial charge in [-0.3, -0.25) is 5.32 Å². The molecule has 3 aliphatic rings. The van der Waals surface area contributed by atoms with Crippen molar-refractivity contribution in [2.24, 2.45) is 11.3 Å². The third-order valence-electron chi connectivity index (χ3n) is 5.23. The number of nitrogens with one attached hydrogen (secondary N) is 1. The van der Waals surface area contributed by atoms with Crippen LogP contribution in [0.2, 0.25) is 0 Å². The zero-order valence-corrected chi connectivity index (χ0v) is 12.1. The third-order valence-corrected chi connectivity index (χ3v) is 5.23. The summed E-state index contributed by atoms with van der Waals surface area (Å²) in [6, 6.07) is 0. The van der Waals surface area contributed by atoms with Crippen molar-refractivity contribution >= 4 is 0 Å². The minimum absolute atomic E-state index is 0.0379. The first-order chi connectivity index (χ1) is 8.43. The van der Waals surface area contributed by atoms with E-state index in [0.29, 0.717) is 5.41 Å². The third kappa shape index (κ3) is 2.21. The summed E-state index contributed by atoms with van der Waals surface area (Å²) in [6.07, 6.45) is 6.01. The minimum atomic E-state index is -0.0379. The van der Waals surface area contributed by atoms with Crippen LogP contribution in [0.25, 0.3) is 0 Å². The molecule has 18 heavy (non-hydrogen) atoms. The van der Waals surface area contributed by atoms with E-state index in [1.165, 1.54) is 12.8 Å². The Kier molecular flexibility index (Phi) is 3.00. The largest absolute Gasteiger partial charge is 0.377 e. The van der Waals surface area contributed by atoms with E-state index < -0.39 is 0 Å². The lowest BCUT2D eigenvalue weighted by atomic mass is 9.69. The maximum Gasteiger partial charge on any atom is 0.119 e. The standard InChI is InChI=1S/C15H27NO2/c1-13(2,3)12-4-6-15(7-5-12)16-14(8-9-18-15)10-17-11-14/h12,16H,4-11H2,1-3H3. The van der Waals surface area contributed by atoms with Gasteiger partial charge in [-0.15, -0.1) is 0 Å². The minimum Gasteiger partial charge on any atom is -0.377 e. The van der Waals surface area contributed by atoms with Gasteiger partial charge in [0, 0.05) is 0 Å². The van der Waals surface area contributed by atoms with E-state index in [0.717, 1.165) is 45.0 Å². The van der Waals surface area contributed by atoms with Gasteiger partial charge in [-0.1, -0.05) is 20.8 Å². The molecule has 0 aromatic rings. The van der Waals surface area contributed by atoms with E-state index >= 15 is 0 Å². The Balaban J connectivity index is 1.64. The number of hydrogen-bond acceptors (Lipinski definition) is 3. The van der Waals surface area contributed by atoms with Crippen molar-refractivity contribution in [2.75, 3.05) is 19.8 Å². The summed E-state index contributed by atoms with van der Waals surface area (Å²) >= 11 is 0. The van der Waals surface area contributed by atoms with Crippen molar-refractivity contribution in [3.8, 4) is 0 Å². The Hall–Kier alpha value is -0.120. The molecule has 0 aromatic carbocycles. The van der Waals surface area contributed by atoms with Gasteiger partial charge in [0.15, 0.2) is 0 Å². The first-order valence-electron chi connectivity index (χ1n) is 7.44. The molecule has 1 saturated carbocycles. The summed E-state index contributed by atoms with van der Waals surface area (Å²) in [5.74, 6) is 0.837. The molecule has 0 atom stereocenters. The Morgan fingerprint density at radius 1 is 1.06 bits per heavy atom. The van der Waals surface area contributed by atoms with Gasteiger partial charge >= 0.3 is 0 Å². The van der Waals surface area contributed by atoms with Crippen LogP contribution < -0.4 is 5.32 Å². The summed E-state index contributed by atoms with van der Waals surface area (Å²) < 4.78 is 11.5. The van der Waals surface area contributed by atoms with Gasteiger partial charge in [-0.05, 0) is 43.4 Å². The van der Waals surface area contributed by atoms with Gasteiger partial charge in [-0.2, -0.15) is 0 Å². The second-order valence-electron chi connectivity index (χ2n) is 7.63. The second-order valence-corrected chi connectivity index (χ2v) is 7.63. The quantitative estimate of drug-likeness (QED) is 0.720. The number of hydrogen-bond donors (Lipinski definition) is 1. The smallest absolute Gasteiger partial charge is 0.119 e. The van der Waals surface area contributed by atoms with E-state index in [4.69, 9.17) is 9.47 Å². The van der Waals surface area contributed by atoms with Crippen molar-refractivity contribution in [1.29, 1.82) is 0 Å². The highest BCUT2D eigenvalue weighted by Gasteiger charge is 2.50. The van der Waals surface area contributed by atoms with Crippen molar-refractivity contribution in [3.63, 3.8) is 0 Å². The van der Waals surface area contributed by atoms with Crippen LogP contribution in [0.3, 0.4) is 0 Å². The molecule has 3 rings (SSSR count). The van der Waals surface area contributed by atoms with Crippen LogP contribution in [0.4, 0.5) is 0 Å². The van der Waals surface area contributed by atoms with Crippen LogP contribution in [0.15, 0.2) is 0 Å². The lowest BCUT2D eigenvalue weighted by Crippen LogP contribution is -2.72. The molecule has 0 bridgehead atoms. The number of ether oxygens (including phenoxy) is 2. The molecular formula is C15H27NO2. The zero-order chi connectivity index (χ0) is 12.9. The van der Waals surface area contributed by atoms with Crippen molar-refractivity contribution in [1.82, 2.24) is 5.32 Å². The summed E-state index contributed by atoms with van der Waals surface area (Å²) in [4.78, 5) is 0. The van der Waals surface area contributed by atoms with Crippen LogP contribution in [-0.2, 0) is 9.47 Å². The van der Waals surface area contributed by atoms with Crippen LogP contribution in [0.5, 0.6) is 0 Å². The molecule has 0 unspecified atom stereocenters. The fraction of sp³-hybridized carbons (Fsp3) is 1.00. The molecule has 104 valence electrons. The Morgan fingerprint density at radius 3 is 2.22 bits per heavy atom. The van der Waals surface area contributed by atoms with Gasteiger partial charge in [0.2, 0.25) is 0 Å². The monoisotopic (exact) mass is 253 g/mol. The molecule has 3 nitrogen and oxygen atoms in total. The van der Waals surface area contributed by atoms with Gasteiger partial charge in [0.25, 0.3) is 0 Å². The molecule has 2 saturated heterocycles. The predicted molar refractivity (Wildman–Crippen MR) is 71.4 cm³/mol. The summed E-state index contributed by atoms with van der Waals surface area (Å²) in [6.45, 7) is 9.75. The first kappa shape index (κ1) is 12.9. The van der Waals surface area contributed by atoms with Crippen LogP contribution in [0, 0.1) is 11.3 Å². The molecule has 0 radical (unpaired) electrons. The van der Waals surface area contributed by atoms with Crippen molar-refractivity contribution < 1.29 is 9.47 Å². The van der Waals surface area contributed by atoms with Gasteiger partial charge in [-0.25, -0.2) is 0 Å². The van der Waals surface area contributed by atoms with Crippen molar-refractivity contribution in [2.45, 2.75) is 64.1 Å². The highest BCUT2D eigenvalue weighted by molar-refractivity contribution is 5.03. The van der Waals surface area contributed by atoms with E-state index in [1.54, 1.807) is 0 Å². The molecule has 0 aromatic heterocycles. The highest BCUT2D eigenvalue weighted by Crippen LogP contribution is 2.44. The lowest BCUT2D eigenvalue weighted by Gasteiger charge is -2.55. The average Bonchev–Trinajstić information content (AvgIpc) is 2.26. The van der Waals surface area contributed by atoms with Gasteiger partial charge in [0.1, 0.15) is 5.72 Å². The number of rotatable bonds is 0. The fourth-order valence-corrected chi connectivity index (χ4v) is 3.81. The maximum absolute atomic E-state index is 6.13. The topological polar surface area (TPSA) is 30.5 Å². The first-order valence-corrected chi connectivity index (χ1v) is 7.44. The molecule has 1 aliphatic carbocycles. The van der Waals surface area contributed by atoms with Crippen LogP contribution >= 0.6 is 0 Å². The van der Waals surface area contributed by atoms with E-state index in [-0.39, 0.29) is 11.3 Å². The maximum atomic E-state index is 6.13. The highest BCUT2D eigenvalue weighted by atomic mass is 16.5. The average molecular weight is 253 g/mol. The van der Waals surface area contributed by atoms with Crippen LogP contribution in [-0.4, -0.2) is 31.1 Å². The summed E-state index contributed by atoms with van der Waals surface area (Å²) in [7, 11) is 0. The van der Waals surface area contributed by atoms with Gasteiger partial charge < -0.3 is 9.47 Å². The summed E-state index contributed by atoms with van der Waals surface area (Å²) in [5, 5.41) is 3.81. The Labute approximate surface area is 111 Å². The van der Waals surface area contributed by atoms with Crippen molar-refractivity contribution in [3.05, 3.63) is 0 Å². The van der Waals surface area contributed by atoms with E-state index in [9.17, 15) is 0 Å². The molecule has 3 fully saturated rings. The van der Waals surface area contributed by atoms with E-state index in [1.807, 2.05) is 0 Å². The zero-order valence-electron chi connectivity index (χ0n) is 12.1. The molecule has 2 aliphatic heterocycles. The normalized spacial score (nSPS) is 39.8. The lowest BCUT2D eigenvalue weighted by molar-refractivity contribution is -0.211. The SMILES string of the molecule is CC(C)(C)C1CCC2(CC1)NC1(CCO2)COC1. The Bertz CT molecular complexity index is 309. The second kappa shape index (κ2) is 4.19. The molecular weight excluding hydrogens is 226 g/mol. The summed E-state index contributed by atoms with van der Waals surface area (Å²) in [5.41, 5.74) is 0.643. The Morgan fingerprint density at radius 2 is 1.72 bits per heavy atom. The van der Waals surface area contributed by atoms with Gasteiger partial charge in [0.05, 0.1) is 25.4 Å². The molecule has 3 heteroatoms. The predicted octanol–water partition coefficient (Wildman–Crippen LogP) is 2.70. The molecule has 0 amide bonds.